The summed E-state index contributed by atoms with van der Waals surface area (Å²) in [6, 6.07) is 8.95. The molecule has 1 aromatic carbocycles. The minimum atomic E-state index is -1.18. The Balaban J connectivity index is 2.12. The Bertz CT molecular complexity index is 646. The summed E-state index contributed by atoms with van der Waals surface area (Å²) in [7, 11) is 0. The van der Waals surface area contributed by atoms with Crippen LogP contribution in [0.2, 0.25) is 0 Å². The van der Waals surface area contributed by atoms with E-state index in [1.807, 2.05) is 6.07 Å². The molecule has 0 saturated carbocycles. The van der Waals surface area contributed by atoms with E-state index < -0.39 is 23.7 Å². The molecule has 1 unspecified atom stereocenters. The minimum Gasteiger partial charge on any atom is -0.480 e. The second-order valence-corrected chi connectivity index (χ2v) is 4.41. The number of pyridine rings is 1. The average Bonchev–Trinajstić information content (AvgIpc) is 2.48. The van der Waals surface area contributed by atoms with E-state index in [-0.39, 0.29) is 12.0 Å². The lowest BCUT2D eigenvalue weighted by Crippen LogP contribution is -2.42. The number of carbonyl (C=O) groups is 2. The highest BCUT2D eigenvalue weighted by Crippen LogP contribution is 2.07. The molecule has 0 fully saturated rings. The SMILES string of the molecule is O=C(NC(Cc1ccccc1)C(=O)O)c1ccncc1F. The summed E-state index contributed by atoms with van der Waals surface area (Å²) < 4.78 is 13.4. The maximum Gasteiger partial charge on any atom is 0.326 e. The molecule has 1 atom stereocenters. The Hall–Kier alpha value is -2.76. The number of rotatable bonds is 5. The zero-order chi connectivity index (χ0) is 15.2. The number of hydrogen-bond donors (Lipinski definition) is 2. The molecule has 1 aromatic heterocycles. The summed E-state index contributed by atoms with van der Waals surface area (Å²) >= 11 is 0. The first-order valence-electron chi connectivity index (χ1n) is 6.25. The second-order valence-electron chi connectivity index (χ2n) is 4.41. The van der Waals surface area contributed by atoms with Gasteiger partial charge in [0, 0.05) is 12.6 Å². The van der Waals surface area contributed by atoms with Crippen LogP contribution in [0, 0.1) is 5.82 Å². The number of carboxylic acid groups (broad SMARTS) is 1. The molecule has 0 radical (unpaired) electrons. The molecule has 2 aromatic rings. The van der Waals surface area contributed by atoms with Gasteiger partial charge in [0.15, 0.2) is 5.82 Å². The standard InChI is InChI=1S/C15H13FN2O3/c16-12-9-17-7-6-11(12)14(19)18-13(15(20)21)8-10-4-2-1-3-5-10/h1-7,9,13H,8H2,(H,18,19)(H,20,21). The summed E-state index contributed by atoms with van der Waals surface area (Å²) in [6.45, 7) is 0. The van der Waals surface area contributed by atoms with Crippen molar-refractivity contribution in [3.8, 4) is 0 Å². The van der Waals surface area contributed by atoms with Gasteiger partial charge in [-0.2, -0.15) is 0 Å². The maximum absolute atomic E-state index is 13.4. The summed E-state index contributed by atoms with van der Waals surface area (Å²) in [5.74, 6) is -2.75. The van der Waals surface area contributed by atoms with Crippen LogP contribution in [0.15, 0.2) is 48.8 Å². The van der Waals surface area contributed by atoms with Crippen molar-refractivity contribution in [2.75, 3.05) is 0 Å². The Morgan fingerprint density at radius 3 is 2.57 bits per heavy atom. The lowest BCUT2D eigenvalue weighted by atomic mass is 10.1. The summed E-state index contributed by atoms with van der Waals surface area (Å²) in [5, 5.41) is 11.5. The largest absolute Gasteiger partial charge is 0.480 e. The number of aromatic nitrogens is 1. The van der Waals surface area contributed by atoms with E-state index in [0.717, 1.165) is 11.8 Å². The van der Waals surface area contributed by atoms with Gasteiger partial charge in [-0.25, -0.2) is 9.18 Å². The normalized spacial score (nSPS) is 11.7. The topological polar surface area (TPSA) is 79.3 Å². The summed E-state index contributed by atoms with van der Waals surface area (Å²) in [5.41, 5.74) is 0.532. The first-order chi connectivity index (χ1) is 10.1. The fraction of sp³-hybridized carbons (Fsp3) is 0.133. The molecule has 108 valence electrons. The van der Waals surface area contributed by atoms with Crippen molar-refractivity contribution in [3.63, 3.8) is 0 Å². The van der Waals surface area contributed by atoms with Crippen LogP contribution in [0.3, 0.4) is 0 Å². The Kier molecular flexibility index (Phi) is 4.61. The van der Waals surface area contributed by atoms with E-state index in [4.69, 9.17) is 0 Å². The van der Waals surface area contributed by atoms with Gasteiger partial charge in [0.05, 0.1) is 11.8 Å². The molecule has 5 nitrogen and oxygen atoms in total. The monoisotopic (exact) mass is 288 g/mol. The molecule has 0 saturated heterocycles. The number of nitrogens with one attached hydrogen (secondary N) is 1. The van der Waals surface area contributed by atoms with Gasteiger partial charge in [0.1, 0.15) is 6.04 Å². The van der Waals surface area contributed by atoms with Crippen LogP contribution < -0.4 is 5.32 Å². The van der Waals surface area contributed by atoms with Gasteiger partial charge in [0.2, 0.25) is 0 Å². The van der Waals surface area contributed by atoms with Gasteiger partial charge in [-0.15, -0.1) is 0 Å². The van der Waals surface area contributed by atoms with E-state index >= 15 is 0 Å². The molecule has 0 aliphatic heterocycles. The van der Waals surface area contributed by atoms with Crippen molar-refractivity contribution >= 4 is 11.9 Å². The fourth-order valence-corrected chi connectivity index (χ4v) is 1.85. The molecular formula is C15H13FN2O3. The third-order valence-electron chi connectivity index (χ3n) is 2.90. The Morgan fingerprint density at radius 1 is 1.24 bits per heavy atom. The molecule has 0 spiro atoms. The first-order valence-corrected chi connectivity index (χ1v) is 6.25. The number of carbonyl (C=O) groups excluding carboxylic acids is 1. The first kappa shape index (κ1) is 14.6. The van der Waals surface area contributed by atoms with E-state index in [1.54, 1.807) is 24.3 Å². The number of carboxylic acids is 1. The van der Waals surface area contributed by atoms with E-state index in [2.05, 4.69) is 10.3 Å². The predicted molar refractivity (Wildman–Crippen MR) is 73.2 cm³/mol. The Morgan fingerprint density at radius 2 is 1.95 bits per heavy atom. The van der Waals surface area contributed by atoms with Crippen LogP contribution in [0.4, 0.5) is 4.39 Å². The Labute approximate surface area is 120 Å². The van der Waals surface area contributed by atoms with E-state index in [9.17, 15) is 19.1 Å². The molecule has 2 rings (SSSR count). The average molecular weight is 288 g/mol. The zero-order valence-corrected chi connectivity index (χ0v) is 11.0. The van der Waals surface area contributed by atoms with Gasteiger partial charge in [0.25, 0.3) is 5.91 Å². The molecule has 2 N–H and O–H groups in total. The quantitative estimate of drug-likeness (QED) is 0.876. The van der Waals surface area contributed by atoms with Crippen LogP contribution in [0.5, 0.6) is 0 Å². The van der Waals surface area contributed by atoms with Crippen LogP contribution in [-0.2, 0) is 11.2 Å². The lowest BCUT2D eigenvalue weighted by Gasteiger charge is -2.14. The van der Waals surface area contributed by atoms with E-state index in [0.29, 0.717) is 0 Å². The van der Waals surface area contributed by atoms with Crippen molar-refractivity contribution in [1.82, 2.24) is 10.3 Å². The van der Waals surface area contributed by atoms with Crippen LogP contribution in [-0.4, -0.2) is 28.0 Å². The van der Waals surface area contributed by atoms with Crippen LogP contribution in [0.25, 0.3) is 0 Å². The van der Waals surface area contributed by atoms with Crippen molar-refractivity contribution in [2.45, 2.75) is 12.5 Å². The third-order valence-corrected chi connectivity index (χ3v) is 2.90. The van der Waals surface area contributed by atoms with Crippen LogP contribution >= 0.6 is 0 Å². The predicted octanol–water partition coefficient (Wildman–Crippen LogP) is 1.65. The lowest BCUT2D eigenvalue weighted by molar-refractivity contribution is -0.139. The van der Waals surface area contributed by atoms with Gasteiger partial charge in [-0.1, -0.05) is 30.3 Å². The number of aliphatic carboxylic acids is 1. The molecule has 1 amide bonds. The highest BCUT2D eigenvalue weighted by atomic mass is 19.1. The molecule has 21 heavy (non-hydrogen) atoms. The number of halogens is 1. The highest BCUT2D eigenvalue weighted by molar-refractivity contribution is 5.96. The maximum atomic E-state index is 13.4. The molecule has 0 bridgehead atoms. The summed E-state index contributed by atoms with van der Waals surface area (Å²) in [6.07, 6.45) is 2.29. The molecule has 0 aliphatic carbocycles. The van der Waals surface area contributed by atoms with Crippen molar-refractivity contribution in [2.24, 2.45) is 0 Å². The van der Waals surface area contributed by atoms with Gasteiger partial charge in [-0.05, 0) is 11.6 Å². The second kappa shape index (κ2) is 6.60. The highest BCUT2D eigenvalue weighted by Gasteiger charge is 2.22. The third kappa shape index (κ3) is 3.85. The van der Waals surface area contributed by atoms with Crippen molar-refractivity contribution in [3.05, 3.63) is 65.7 Å². The zero-order valence-electron chi connectivity index (χ0n) is 11.0. The van der Waals surface area contributed by atoms with Gasteiger partial charge >= 0.3 is 5.97 Å². The molecule has 1 heterocycles. The fourth-order valence-electron chi connectivity index (χ4n) is 1.85. The number of amides is 1. The smallest absolute Gasteiger partial charge is 0.326 e. The molecule has 6 heteroatoms. The van der Waals surface area contributed by atoms with Crippen LogP contribution in [0.1, 0.15) is 15.9 Å². The van der Waals surface area contributed by atoms with Crippen molar-refractivity contribution in [1.29, 1.82) is 0 Å². The van der Waals surface area contributed by atoms with E-state index in [1.165, 1.54) is 12.3 Å². The molecular weight excluding hydrogens is 275 g/mol. The number of benzene rings is 1. The minimum absolute atomic E-state index is 0.120. The number of nitrogens with zero attached hydrogens (tertiary/aromatic N) is 1. The summed E-state index contributed by atoms with van der Waals surface area (Å²) in [4.78, 5) is 26.7. The molecule has 0 aliphatic rings. The van der Waals surface area contributed by atoms with Gasteiger partial charge in [-0.3, -0.25) is 9.78 Å². The number of hydrogen-bond acceptors (Lipinski definition) is 3. The van der Waals surface area contributed by atoms with Crippen molar-refractivity contribution < 1.29 is 19.1 Å². The van der Waals surface area contributed by atoms with Gasteiger partial charge < -0.3 is 10.4 Å².